The normalized spacial score (nSPS) is 14.0. The molecule has 7 nitrogen and oxygen atoms in total. The first kappa shape index (κ1) is 18.8. The van der Waals surface area contributed by atoms with Crippen molar-refractivity contribution in [3.8, 4) is 0 Å². The van der Waals surface area contributed by atoms with Gasteiger partial charge in [0.05, 0.1) is 18.1 Å². The number of benzene rings is 1. The molecule has 0 atom stereocenters. The molecule has 0 spiro atoms. The lowest BCUT2D eigenvalue weighted by Gasteiger charge is -2.36. The second kappa shape index (κ2) is 8.64. The molecule has 8 heteroatoms. The predicted octanol–water partition coefficient (Wildman–Crippen LogP) is 2.59. The van der Waals surface area contributed by atoms with Crippen LogP contribution in [0.5, 0.6) is 0 Å². The van der Waals surface area contributed by atoms with Gasteiger partial charge in [0.1, 0.15) is 17.3 Å². The predicted molar refractivity (Wildman–Crippen MR) is 108 cm³/mol. The van der Waals surface area contributed by atoms with Crippen molar-refractivity contribution < 1.29 is 9.18 Å². The molecule has 0 unspecified atom stereocenters. The van der Waals surface area contributed by atoms with Gasteiger partial charge in [0.25, 0.3) is 5.91 Å². The minimum atomic E-state index is -0.243. The van der Waals surface area contributed by atoms with Crippen molar-refractivity contribution in [2.75, 3.05) is 36.4 Å². The minimum Gasteiger partial charge on any atom is -0.366 e. The Morgan fingerprint density at radius 1 is 1.00 bits per heavy atom. The molecule has 1 saturated heterocycles. The highest BCUT2D eigenvalue weighted by Gasteiger charge is 2.24. The smallest absolute Gasteiger partial charge is 0.274 e. The maximum Gasteiger partial charge on any atom is 0.274 e. The lowest BCUT2D eigenvalue weighted by Crippen LogP contribution is -2.49. The number of rotatable bonds is 5. The van der Waals surface area contributed by atoms with E-state index in [0.717, 1.165) is 5.56 Å². The van der Waals surface area contributed by atoms with Crippen LogP contribution < -0.4 is 10.2 Å². The number of carbonyl (C=O) groups excluding carboxylic acids is 1. The molecular weight excluding hydrogens is 371 g/mol. The molecule has 29 heavy (non-hydrogen) atoms. The number of aromatic nitrogens is 3. The summed E-state index contributed by atoms with van der Waals surface area (Å²) in [4.78, 5) is 29.0. The fourth-order valence-electron chi connectivity index (χ4n) is 3.25. The monoisotopic (exact) mass is 392 g/mol. The van der Waals surface area contributed by atoms with Gasteiger partial charge in [0, 0.05) is 45.1 Å². The molecule has 1 amide bonds. The zero-order chi connectivity index (χ0) is 20.1. The summed E-state index contributed by atoms with van der Waals surface area (Å²) >= 11 is 0. The number of hydrogen-bond acceptors (Lipinski definition) is 6. The first-order chi connectivity index (χ1) is 14.2. The van der Waals surface area contributed by atoms with E-state index in [-0.39, 0.29) is 11.7 Å². The molecule has 1 aromatic carbocycles. The van der Waals surface area contributed by atoms with Crippen LogP contribution in [-0.2, 0) is 6.54 Å². The molecule has 1 aliphatic rings. The van der Waals surface area contributed by atoms with Gasteiger partial charge in [0.2, 0.25) is 0 Å². The van der Waals surface area contributed by atoms with Crippen LogP contribution in [0.1, 0.15) is 16.1 Å². The molecule has 148 valence electrons. The topological polar surface area (TPSA) is 74.2 Å². The standard InChI is InChI=1S/C21H21FN6O/c22-17-5-1-2-6-19(17)27-8-10-28(11-9-27)21(29)18-14-26-20(15-24-18)25-13-16-4-3-7-23-12-16/h1-7,12,14-15H,8-11,13H2,(H,25,26). The molecule has 0 aliphatic carbocycles. The number of nitrogens with one attached hydrogen (secondary N) is 1. The minimum absolute atomic E-state index is 0.163. The van der Waals surface area contributed by atoms with Gasteiger partial charge in [-0.3, -0.25) is 9.78 Å². The maximum absolute atomic E-state index is 14.0. The third kappa shape index (κ3) is 4.48. The van der Waals surface area contributed by atoms with Crippen molar-refractivity contribution in [1.82, 2.24) is 19.9 Å². The summed E-state index contributed by atoms with van der Waals surface area (Å²) in [6.07, 6.45) is 6.54. The van der Waals surface area contributed by atoms with Crippen molar-refractivity contribution in [3.05, 3.63) is 78.3 Å². The number of nitrogens with zero attached hydrogens (tertiary/aromatic N) is 5. The van der Waals surface area contributed by atoms with Crippen molar-refractivity contribution in [1.29, 1.82) is 0 Å². The van der Waals surface area contributed by atoms with Crippen LogP contribution >= 0.6 is 0 Å². The second-order valence-corrected chi connectivity index (χ2v) is 6.73. The maximum atomic E-state index is 14.0. The van der Waals surface area contributed by atoms with Gasteiger partial charge in [0.15, 0.2) is 0 Å². The third-order valence-electron chi connectivity index (χ3n) is 4.83. The van der Waals surface area contributed by atoms with Gasteiger partial charge >= 0.3 is 0 Å². The molecule has 0 bridgehead atoms. The zero-order valence-corrected chi connectivity index (χ0v) is 15.8. The summed E-state index contributed by atoms with van der Waals surface area (Å²) in [6, 6.07) is 10.5. The highest BCUT2D eigenvalue weighted by molar-refractivity contribution is 5.92. The van der Waals surface area contributed by atoms with E-state index in [1.165, 1.54) is 12.3 Å². The Bertz CT molecular complexity index is 958. The van der Waals surface area contributed by atoms with Crippen LogP contribution in [0.25, 0.3) is 0 Å². The van der Waals surface area contributed by atoms with E-state index >= 15 is 0 Å². The lowest BCUT2D eigenvalue weighted by molar-refractivity contribution is 0.0740. The SMILES string of the molecule is O=C(c1cnc(NCc2cccnc2)cn1)N1CCN(c2ccccc2F)CC1. The molecule has 1 N–H and O–H groups in total. The van der Waals surface area contributed by atoms with E-state index in [2.05, 4.69) is 20.3 Å². The van der Waals surface area contributed by atoms with Crippen LogP contribution in [0.4, 0.5) is 15.9 Å². The number of pyridine rings is 1. The average Bonchev–Trinajstić information content (AvgIpc) is 2.79. The highest BCUT2D eigenvalue weighted by atomic mass is 19.1. The number of anilines is 2. The van der Waals surface area contributed by atoms with E-state index in [0.29, 0.717) is 49.9 Å². The molecule has 3 heterocycles. The van der Waals surface area contributed by atoms with E-state index in [9.17, 15) is 9.18 Å². The van der Waals surface area contributed by atoms with Crippen molar-refractivity contribution in [2.45, 2.75) is 6.54 Å². The van der Waals surface area contributed by atoms with Crippen LogP contribution in [-0.4, -0.2) is 51.9 Å². The lowest BCUT2D eigenvalue weighted by atomic mass is 10.2. The number of carbonyl (C=O) groups is 1. The number of halogens is 1. The Kier molecular flexibility index (Phi) is 5.60. The Labute approximate surface area is 168 Å². The summed E-state index contributed by atoms with van der Waals surface area (Å²) in [5.74, 6) is 0.187. The Hall–Kier alpha value is -3.55. The van der Waals surface area contributed by atoms with Gasteiger partial charge < -0.3 is 15.1 Å². The Morgan fingerprint density at radius 2 is 1.83 bits per heavy atom. The average molecular weight is 392 g/mol. The van der Waals surface area contributed by atoms with E-state index < -0.39 is 0 Å². The number of piperazine rings is 1. The van der Waals surface area contributed by atoms with Gasteiger partial charge in [-0.15, -0.1) is 0 Å². The zero-order valence-electron chi connectivity index (χ0n) is 15.8. The quantitative estimate of drug-likeness (QED) is 0.720. The Morgan fingerprint density at radius 3 is 2.52 bits per heavy atom. The summed E-state index contributed by atoms with van der Waals surface area (Å²) in [5.41, 5.74) is 1.90. The third-order valence-corrected chi connectivity index (χ3v) is 4.83. The second-order valence-electron chi connectivity index (χ2n) is 6.73. The fourth-order valence-corrected chi connectivity index (χ4v) is 3.25. The first-order valence-corrected chi connectivity index (χ1v) is 9.44. The van der Waals surface area contributed by atoms with Crippen LogP contribution in [0.3, 0.4) is 0 Å². The molecule has 0 saturated carbocycles. The van der Waals surface area contributed by atoms with Gasteiger partial charge in [-0.05, 0) is 23.8 Å². The first-order valence-electron chi connectivity index (χ1n) is 9.44. The summed E-state index contributed by atoms with van der Waals surface area (Å²) in [7, 11) is 0. The molecule has 3 aromatic rings. The molecule has 1 aliphatic heterocycles. The van der Waals surface area contributed by atoms with Crippen LogP contribution in [0.15, 0.2) is 61.2 Å². The Balaban J connectivity index is 1.32. The summed E-state index contributed by atoms with van der Waals surface area (Å²) in [5, 5.41) is 3.16. The largest absolute Gasteiger partial charge is 0.366 e. The van der Waals surface area contributed by atoms with Gasteiger partial charge in [-0.25, -0.2) is 14.4 Å². The van der Waals surface area contributed by atoms with E-state index in [1.54, 1.807) is 35.6 Å². The van der Waals surface area contributed by atoms with Gasteiger partial charge in [-0.1, -0.05) is 18.2 Å². The number of hydrogen-bond donors (Lipinski definition) is 1. The van der Waals surface area contributed by atoms with Crippen molar-refractivity contribution >= 4 is 17.4 Å². The highest BCUT2D eigenvalue weighted by Crippen LogP contribution is 2.20. The summed E-state index contributed by atoms with van der Waals surface area (Å²) in [6.45, 7) is 2.75. The van der Waals surface area contributed by atoms with Crippen LogP contribution in [0, 0.1) is 5.82 Å². The fraction of sp³-hybridized carbons (Fsp3) is 0.238. The summed E-state index contributed by atoms with van der Waals surface area (Å²) < 4.78 is 14.0. The van der Waals surface area contributed by atoms with Gasteiger partial charge in [-0.2, -0.15) is 0 Å². The van der Waals surface area contributed by atoms with Crippen molar-refractivity contribution in [2.24, 2.45) is 0 Å². The molecular formula is C21H21FN6O. The molecule has 2 aromatic heterocycles. The van der Waals surface area contributed by atoms with E-state index in [1.807, 2.05) is 23.1 Å². The molecule has 0 radical (unpaired) electrons. The number of amides is 1. The number of para-hydroxylation sites is 1. The van der Waals surface area contributed by atoms with Crippen molar-refractivity contribution in [3.63, 3.8) is 0 Å². The molecule has 1 fully saturated rings. The molecule has 4 rings (SSSR count). The van der Waals surface area contributed by atoms with E-state index in [4.69, 9.17) is 0 Å². The van der Waals surface area contributed by atoms with Crippen LogP contribution in [0.2, 0.25) is 0 Å².